The number of ether oxygens (including phenoxy) is 1. The van der Waals surface area contributed by atoms with Gasteiger partial charge in [0.05, 0.1) is 0 Å². The van der Waals surface area contributed by atoms with Gasteiger partial charge in [0.15, 0.2) is 18.3 Å². The monoisotopic (exact) mass is 209 g/mol. The number of hydrogen-bond donors (Lipinski definition) is 1. The Morgan fingerprint density at radius 2 is 2.00 bits per heavy atom. The quantitative estimate of drug-likeness (QED) is 0.812. The molecule has 0 unspecified atom stereocenters. The molecule has 1 aromatic carbocycles. The molecule has 2 rings (SSSR count). The Bertz CT molecular complexity index is 384. The predicted octanol–water partition coefficient (Wildman–Crippen LogP) is 2.19. The molecule has 1 aromatic rings. The van der Waals surface area contributed by atoms with Gasteiger partial charge in [-0.1, -0.05) is 11.6 Å². The summed E-state index contributed by atoms with van der Waals surface area (Å²) in [4.78, 5) is 10.8. The lowest BCUT2D eigenvalue weighted by atomic mass is 10.3. The molecule has 0 aromatic heterocycles. The molecule has 0 fully saturated rings. The molecule has 0 atom stereocenters. The lowest BCUT2D eigenvalue weighted by molar-refractivity contribution is -0.115. The second kappa shape index (κ2) is 3.72. The van der Waals surface area contributed by atoms with Crippen LogP contribution in [-0.4, -0.2) is 12.4 Å². The third kappa shape index (κ3) is 2.06. The topological polar surface area (TPSA) is 38.3 Å². The zero-order chi connectivity index (χ0) is 9.97. The number of benzene rings is 1. The number of carbonyl (C=O) groups is 1. The normalized spacial score (nSPS) is 14.9. The van der Waals surface area contributed by atoms with Crippen molar-refractivity contribution in [2.24, 2.45) is 0 Å². The minimum atomic E-state index is -0.0264. The Hall–Kier alpha value is -1.48. The van der Waals surface area contributed by atoms with Crippen LogP contribution < -0.4 is 5.32 Å². The number of carbonyl (C=O) groups excluding carboxylic acids is 1. The smallest absolute Gasteiger partial charge is 0.198 e. The SMILES string of the molecule is O=C1C=C(Nc2ccc(Cl)cc2)OC1. The third-order valence-corrected chi connectivity index (χ3v) is 2.03. The molecular formula is C10H8ClNO2. The Labute approximate surface area is 86.3 Å². The molecule has 1 heterocycles. The highest BCUT2D eigenvalue weighted by Gasteiger charge is 2.12. The number of anilines is 1. The summed E-state index contributed by atoms with van der Waals surface area (Å²) in [5.74, 6) is 0.457. The van der Waals surface area contributed by atoms with Crippen molar-refractivity contribution < 1.29 is 9.53 Å². The zero-order valence-corrected chi connectivity index (χ0v) is 8.04. The highest BCUT2D eigenvalue weighted by molar-refractivity contribution is 6.30. The van der Waals surface area contributed by atoms with Gasteiger partial charge in [-0.15, -0.1) is 0 Å². The van der Waals surface area contributed by atoms with E-state index in [0.29, 0.717) is 10.9 Å². The van der Waals surface area contributed by atoms with Crippen LogP contribution in [0, 0.1) is 0 Å². The Morgan fingerprint density at radius 1 is 1.29 bits per heavy atom. The lowest BCUT2D eigenvalue weighted by Crippen LogP contribution is -1.99. The summed E-state index contributed by atoms with van der Waals surface area (Å²) < 4.78 is 5.07. The molecule has 0 amide bonds. The van der Waals surface area contributed by atoms with E-state index in [2.05, 4.69) is 5.32 Å². The average Bonchev–Trinajstić information content (AvgIpc) is 2.56. The van der Waals surface area contributed by atoms with E-state index < -0.39 is 0 Å². The molecular weight excluding hydrogens is 202 g/mol. The first-order valence-electron chi connectivity index (χ1n) is 4.14. The molecule has 0 saturated heterocycles. The standard InChI is InChI=1S/C10H8ClNO2/c11-7-1-3-8(4-2-7)12-10-5-9(13)6-14-10/h1-5,12H,6H2. The predicted molar refractivity (Wildman–Crippen MR) is 54.1 cm³/mol. The number of hydrogen-bond acceptors (Lipinski definition) is 3. The van der Waals surface area contributed by atoms with E-state index in [1.54, 1.807) is 12.1 Å². The van der Waals surface area contributed by atoms with Crippen LogP contribution in [0.2, 0.25) is 5.02 Å². The highest BCUT2D eigenvalue weighted by Crippen LogP contribution is 2.16. The zero-order valence-electron chi connectivity index (χ0n) is 7.29. The van der Waals surface area contributed by atoms with Crippen LogP contribution in [0.25, 0.3) is 0 Å². The molecule has 1 aliphatic rings. The van der Waals surface area contributed by atoms with Crippen LogP contribution in [0.1, 0.15) is 0 Å². The Morgan fingerprint density at radius 3 is 2.57 bits per heavy atom. The van der Waals surface area contributed by atoms with Crippen LogP contribution >= 0.6 is 11.6 Å². The van der Waals surface area contributed by atoms with E-state index in [1.807, 2.05) is 12.1 Å². The first kappa shape index (κ1) is 9.09. The van der Waals surface area contributed by atoms with Crippen molar-refractivity contribution in [3.63, 3.8) is 0 Å². The largest absolute Gasteiger partial charge is 0.470 e. The maximum absolute atomic E-state index is 10.8. The van der Waals surface area contributed by atoms with Gasteiger partial charge < -0.3 is 10.1 Å². The van der Waals surface area contributed by atoms with E-state index in [9.17, 15) is 4.79 Å². The van der Waals surface area contributed by atoms with Crippen LogP contribution in [0.3, 0.4) is 0 Å². The van der Waals surface area contributed by atoms with Gasteiger partial charge in [0.25, 0.3) is 0 Å². The molecule has 14 heavy (non-hydrogen) atoms. The van der Waals surface area contributed by atoms with Gasteiger partial charge in [-0.3, -0.25) is 4.79 Å². The number of ketones is 1. The molecule has 0 aliphatic carbocycles. The van der Waals surface area contributed by atoms with Crippen LogP contribution in [0.4, 0.5) is 5.69 Å². The third-order valence-electron chi connectivity index (χ3n) is 1.77. The summed E-state index contributed by atoms with van der Waals surface area (Å²) in [6.45, 7) is 0.121. The minimum absolute atomic E-state index is 0.0264. The van der Waals surface area contributed by atoms with Gasteiger partial charge in [0.1, 0.15) is 0 Å². The fourth-order valence-corrected chi connectivity index (χ4v) is 1.25. The fraction of sp³-hybridized carbons (Fsp3) is 0.100. The van der Waals surface area contributed by atoms with Crippen molar-refractivity contribution >= 4 is 23.1 Å². The minimum Gasteiger partial charge on any atom is -0.470 e. The van der Waals surface area contributed by atoms with E-state index >= 15 is 0 Å². The summed E-state index contributed by atoms with van der Waals surface area (Å²) in [6.07, 6.45) is 1.44. The van der Waals surface area contributed by atoms with Gasteiger partial charge >= 0.3 is 0 Å². The molecule has 3 nitrogen and oxygen atoms in total. The summed E-state index contributed by atoms with van der Waals surface area (Å²) in [5, 5.41) is 3.63. The lowest BCUT2D eigenvalue weighted by Gasteiger charge is -2.06. The van der Waals surface area contributed by atoms with E-state index in [0.717, 1.165) is 5.69 Å². The molecule has 0 spiro atoms. The van der Waals surface area contributed by atoms with Gasteiger partial charge in [0.2, 0.25) is 0 Å². The molecule has 72 valence electrons. The molecule has 4 heteroatoms. The molecule has 0 saturated carbocycles. The van der Waals surface area contributed by atoms with E-state index in [1.165, 1.54) is 6.08 Å². The first-order valence-corrected chi connectivity index (χ1v) is 4.52. The molecule has 0 radical (unpaired) electrons. The molecule has 1 N–H and O–H groups in total. The van der Waals surface area contributed by atoms with Crippen LogP contribution in [-0.2, 0) is 9.53 Å². The van der Waals surface area contributed by atoms with Gasteiger partial charge in [-0.25, -0.2) is 0 Å². The van der Waals surface area contributed by atoms with Crippen LogP contribution in [0.5, 0.6) is 0 Å². The Balaban J connectivity index is 2.08. The van der Waals surface area contributed by atoms with Crippen molar-refractivity contribution in [2.75, 3.05) is 11.9 Å². The second-order valence-corrected chi connectivity index (χ2v) is 3.33. The van der Waals surface area contributed by atoms with Crippen molar-refractivity contribution in [2.45, 2.75) is 0 Å². The maximum atomic E-state index is 10.8. The van der Waals surface area contributed by atoms with E-state index in [4.69, 9.17) is 16.3 Å². The summed E-state index contributed by atoms with van der Waals surface area (Å²) >= 11 is 5.72. The summed E-state index contributed by atoms with van der Waals surface area (Å²) in [6, 6.07) is 7.16. The van der Waals surface area contributed by atoms with Gasteiger partial charge in [-0.05, 0) is 24.3 Å². The van der Waals surface area contributed by atoms with Crippen LogP contribution in [0.15, 0.2) is 36.2 Å². The van der Waals surface area contributed by atoms with E-state index in [-0.39, 0.29) is 12.4 Å². The van der Waals surface area contributed by atoms with Crippen molar-refractivity contribution in [3.05, 3.63) is 41.2 Å². The molecule has 1 aliphatic heterocycles. The Kier molecular flexibility index (Phi) is 2.41. The number of rotatable bonds is 2. The van der Waals surface area contributed by atoms with Crippen molar-refractivity contribution in [1.82, 2.24) is 0 Å². The van der Waals surface area contributed by atoms with Gasteiger partial charge in [0, 0.05) is 16.8 Å². The number of nitrogens with one attached hydrogen (secondary N) is 1. The molecule has 0 bridgehead atoms. The van der Waals surface area contributed by atoms with Crippen molar-refractivity contribution in [1.29, 1.82) is 0 Å². The van der Waals surface area contributed by atoms with Crippen molar-refractivity contribution in [3.8, 4) is 0 Å². The maximum Gasteiger partial charge on any atom is 0.198 e. The highest BCUT2D eigenvalue weighted by atomic mass is 35.5. The number of halogens is 1. The summed E-state index contributed by atoms with van der Waals surface area (Å²) in [5.41, 5.74) is 0.843. The average molecular weight is 210 g/mol. The van der Waals surface area contributed by atoms with Gasteiger partial charge in [-0.2, -0.15) is 0 Å². The fourth-order valence-electron chi connectivity index (χ4n) is 1.13. The second-order valence-electron chi connectivity index (χ2n) is 2.90. The first-order chi connectivity index (χ1) is 6.74. The summed E-state index contributed by atoms with van der Waals surface area (Å²) in [7, 11) is 0.